The van der Waals surface area contributed by atoms with Crippen molar-refractivity contribution in [2.24, 2.45) is 0 Å². The van der Waals surface area contributed by atoms with Gasteiger partial charge in [-0.3, -0.25) is 9.80 Å². The predicted molar refractivity (Wildman–Crippen MR) is 79.9 cm³/mol. The van der Waals surface area contributed by atoms with Gasteiger partial charge in [0.25, 0.3) is 0 Å². The highest BCUT2D eigenvalue weighted by Crippen LogP contribution is 2.27. The van der Waals surface area contributed by atoms with Gasteiger partial charge in [0, 0.05) is 18.8 Å². The number of anilines is 2. The van der Waals surface area contributed by atoms with E-state index in [1.54, 1.807) is 30.3 Å². The summed E-state index contributed by atoms with van der Waals surface area (Å²) in [5.74, 6) is -1.52. The van der Waals surface area contributed by atoms with Crippen LogP contribution in [0.2, 0.25) is 0 Å². The summed E-state index contributed by atoms with van der Waals surface area (Å²) in [6, 6.07) is 11.8. The van der Waals surface area contributed by atoms with E-state index in [1.807, 2.05) is 0 Å². The number of nitrogens with zero attached hydrogens (tertiary/aromatic N) is 2. The highest BCUT2D eigenvalue weighted by Gasteiger charge is 2.32. The van der Waals surface area contributed by atoms with Gasteiger partial charge in [-0.25, -0.2) is 14.0 Å². The third-order valence-electron chi connectivity index (χ3n) is 3.56. The Morgan fingerprint density at radius 3 is 2.50 bits per heavy atom. The van der Waals surface area contributed by atoms with Crippen molar-refractivity contribution < 1.29 is 19.1 Å². The lowest BCUT2D eigenvalue weighted by Gasteiger charge is -2.19. The molecule has 0 unspecified atom stereocenters. The number of carboxylic acid groups (broad SMARTS) is 1. The number of hydrogen-bond donors (Lipinski definition) is 1. The molecule has 22 heavy (non-hydrogen) atoms. The van der Waals surface area contributed by atoms with Gasteiger partial charge in [0.05, 0.1) is 11.3 Å². The molecule has 112 valence electrons. The molecular weight excluding hydrogens is 287 g/mol. The van der Waals surface area contributed by atoms with Gasteiger partial charge < -0.3 is 5.11 Å². The van der Waals surface area contributed by atoms with Crippen LogP contribution >= 0.6 is 0 Å². The maximum atomic E-state index is 13.8. The normalized spacial score (nSPS) is 14.5. The summed E-state index contributed by atoms with van der Waals surface area (Å²) in [4.78, 5) is 26.3. The monoisotopic (exact) mass is 300 g/mol. The Balaban J connectivity index is 1.90. The molecule has 2 amide bonds. The van der Waals surface area contributed by atoms with E-state index in [-0.39, 0.29) is 17.3 Å². The van der Waals surface area contributed by atoms with Crippen LogP contribution in [-0.2, 0) is 0 Å². The number of hydrogen-bond acceptors (Lipinski definition) is 2. The first-order valence-electron chi connectivity index (χ1n) is 6.75. The predicted octanol–water partition coefficient (Wildman–Crippen LogP) is 2.97. The number of benzene rings is 2. The maximum Gasteiger partial charge on any atom is 0.335 e. The van der Waals surface area contributed by atoms with Crippen molar-refractivity contribution in [3.05, 3.63) is 59.9 Å². The molecular formula is C16H13FN2O3. The number of para-hydroxylation sites is 1. The molecule has 1 aliphatic rings. The molecule has 1 heterocycles. The maximum absolute atomic E-state index is 13.8. The SMILES string of the molecule is O=C(O)c1cccc(N2CCN(c3ccccc3F)C2=O)c1. The lowest BCUT2D eigenvalue weighted by atomic mass is 10.2. The molecule has 5 nitrogen and oxygen atoms in total. The summed E-state index contributed by atoms with van der Waals surface area (Å²) < 4.78 is 13.8. The molecule has 1 N–H and O–H groups in total. The van der Waals surface area contributed by atoms with Crippen LogP contribution in [0.5, 0.6) is 0 Å². The number of halogens is 1. The number of aromatic carboxylic acids is 1. The van der Waals surface area contributed by atoms with Gasteiger partial charge in [-0.15, -0.1) is 0 Å². The summed E-state index contributed by atoms with van der Waals surface area (Å²) in [5.41, 5.74) is 0.822. The second kappa shape index (κ2) is 5.48. The van der Waals surface area contributed by atoms with E-state index in [4.69, 9.17) is 5.11 Å². The molecule has 2 aromatic rings. The zero-order valence-corrected chi connectivity index (χ0v) is 11.6. The number of carbonyl (C=O) groups is 2. The fourth-order valence-electron chi connectivity index (χ4n) is 2.48. The van der Waals surface area contributed by atoms with Crippen LogP contribution in [0.25, 0.3) is 0 Å². The molecule has 0 bridgehead atoms. The summed E-state index contributed by atoms with van der Waals surface area (Å²) in [6.45, 7) is 0.716. The second-order valence-corrected chi connectivity index (χ2v) is 4.89. The van der Waals surface area contributed by atoms with Crippen molar-refractivity contribution in [1.29, 1.82) is 0 Å². The lowest BCUT2D eigenvalue weighted by molar-refractivity contribution is 0.0697. The van der Waals surface area contributed by atoms with Crippen molar-refractivity contribution in [2.45, 2.75) is 0 Å². The van der Waals surface area contributed by atoms with Crippen LogP contribution in [0.3, 0.4) is 0 Å². The number of amides is 2. The molecule has 0 aromatic heterocycles. The van der Waals surface area contributed by atoms with E-state index in [1.165, 1.54) is 28.0 Å². The first-order valence-corrected chi connectivity index (χ1v) is 6.75. The van der Waals surface area contributed by atoms with Gasteiger partial charge in [0.2, 0.25) is 0 Å². The molecule has 1 saturated heterocycles. The van der Waals surface area contributed by atoms with Gasteiger partial charge >= 0.3 is 12.0 Å². The number of urea groups is 1. The third kappa shape index (κ3) is 2.39. The summed E-state index contributed by atoms with van der Waals surface area (Å²) in [6.07, 6.45) is 0. The van der Waals surface area contributed by atoms with Crippen LogP contribution in [0, 0.1) is 5.82 Å². The summed E-state index contributed by atoms with van der Waals surface area (Å²) >= 11 is 0. The summed E-state index contributed by atoms with van der Waals surface area (Å²) in [7, 11) is 0. The molecule has 0 atom stereocenters. The van der Waals surface area contributed by atoms with Crippen LogP contribution < -0.4 is 9.80 Å². The van der Waals surface area contributed by atoms with Gasteiger partial charge in [-0.05, 0) is 30.3 Å². The fourth-order valence-corrected chi connectivity index (χ4v) is 2.48. The molecule has 0 saturated carbocycles. The topological polar surface area (TPSA) is 60.9 Å². The highest BCUT2D eigenvalue weighted by atomic mass is 19.1. The Hall–Kier alpha value is -2.89. The van der Waals surface area contributed by atoms with Crippen LogP contribution in [-0.4, -0.2) is 30.2 Å². The summed E-state index contributed by atoms with van der Waals surface area (Å²) in [5, 5.41) is 9.02. The van der Waals surface area contributed by atoms with Crippen molar-refractivity contribution in [3.63, 3.8) is 0 Å². The third-order valence-corrected chi connectivity index (χ3v) is 3.56. The van der Waals surface area contributed by atoms with E-state index in [2.05, 4.69) is 0 Å². The van der Waals surface area contributed by atoms with Crippen LogP contribution in [0.15, 0.2) is 48.5 Å². The zero-order valence-electron chi connectivity index (χ0n) is 11.6. The quantitative estimate of drug-likeness (QED) is 0.948. The van der Waals surface area contributed by atoms with Gasteiger partial charge in [-0.1, -0.05) is 18.2 Å². The van der Waals surface area contributed by atoms with E-state index >= 15 is 0 Å². The standard InChI is InChI=1S/C16H13FN2O3/c17-13-6-1-2-7-14(13)19-9-8-18(16(19)22)12-5-3-4-11(10-12)15(20)21/h1-7,10H,8-9H2,(H,20,21). The Bertz CT molecular complexity index is 748. The van der Waals surface area contributed by atoms with Gasteiger partial charge in [-0.2, -0.15) is 0 Å². The van der Waals surface area contributed by atoms with Crippen molar-refractivity contribution >= 4 is 23.4 Å². The second-order valence-electron chi connectivity index (χ2n) is 4.89. The first kappa shape index (κ1) is 14.1. The number of carbonyl (C=O) groups excluding carboxylic acids is 1. The first-order chi connectivity index (χ1) is 10.6. The van der Waals surface area contributed by atoms with Crippen molar-refractivity contribution in [2.75, 3.05) is 22.9 Å². The minimum Gasteiger partial charge on any atom is -0.478 e. The smallest absolute Gasteiger partial charge is 0.335 e. The molecule has 2 aromatic carbocycles. The van der Waals surface area contributed by atoms with Crippen molar-refractivity contribution in [3.8, 4) is 0 Å². The Kier molecular flexibility index (Phi) is 3.50. The average molecular weight is 300 g/mol. The molecule has 1 aliphatic heterocycles. The molecule has 0 spiro atoms. The van der Waals surface area contributed by atoms with E-state index in [0.29, 0.717) is 18.8 Å². The molecule has 6 heteroatoms. The fraction of sp³-hybridized carbons (Fsp3) is 0.125. The van der Waals surface area contributed by atoms with Crippen molar-refractivity contribution in [1.82, 2.24) is 0 Å². The highest BCUT2D eigenvalue weighted by molar-refractivity contribution is 6.06. The molecule has 0 radical (unpaired) electrons. The minimum absolute atomic E-state index is 0.106. The van der Waals surface area contributed by atoms with Gasteiger partial charge in [0.15, 0.2) is 0 Å². The zero-order chi connectivity index (χ0) is 15.7. The van der Waals surface area contributed by atoms with Crippen LogP contribution in [0.1, 0.15) is 10.4 Å². The van der Waals surface area contributed by atoms with Gasteiger partial charge in [0.1, 0.15) is 5.82 Å². The Morgan fingerprint density at radius 1 is 1.05 bits per heavy atom. The largest absolute Gasteiger partial charge is 0.478 e. The minimum atomic E-state index is -1.06. The van der Waals surface area contributed by atoms with E-state index in [0.717, 1.165) is 0 Å². The molecule has 3 rings (SSSR count). The number of rotatable bonds is 3. The van der Waals surface area contributed by atoms with E-state index < -0.39 is 11.8 Å². The number of carboxylic acids is 1. The average Bonchev–Trinajstić information content (AvgIpc) is 2.89. The Labute approximate surface area is 126 Å². The Morgan fingerprint density at radius 2 is 1.77 bits per heavy atom. The van der Waals surface area contributed by atoms with Crippen LogP contribution in [0.4, 0.5) is 20.6 Å². The molecule has 0 aliphatic carbocycles. The lowest BCUT2D eigenvalue weighted by Crippen LogP contribution is -2.32. The molecule has 1 fully saturated rings. The van der Waals surface area contributed by atoms with E-state index in [9.17, 15) is 14.0 Å².